The third-order valence-electron chi connectivity index (χ3n) is 2.22. The number of ether oxygens (including phenoxy) is 1. The molecule has 0 radical (unpaired) electrons. The Bertz CT molecular complexity index is 197. The lowest BCUT2D eigenvalue weighted by atomic mass is 10.5. The first-order valence-electron chi connectivity index (χ1n) is 4.96. The van der Waals surface area contributed by atoms with E-state index in [1.807, 2.05) is 0 Å². The van der Waals surface area contributed by atoms with Gasteiger partial charge in [0, 0.05) is 41.0 Å². The quantitative estimate of drug-likeness (QED) is 0.585. The first kappa shape index (κ1) is 13.9. The van der Waals surface area contributed by atoms with Gasteiger partial charge in [0.05, 0.1) is 13.2 Å². The molecule has 15 heavy (non-hydrogen) atoms. The van der Waals surface area contributed by atoms with E-state index in [0.717, 1.165) is 0 Å². The van der Waals surface area contributed by atoms with Crippen molar-refractivity contribution in [2.75, 3.05) is 40.4 Å². The minimum Gasteiger partial charge on any atom is -0.378 e. The van der Waals surface area contributed by atoms with Crippen molar-refractivity contribution in [3.8, 4) is 0 Å². The molecule has 0 fully saturated rings. The summed E-state index contributed by atoms with van der Waals surface area (Å²) in [7, 11) is 3.46. The van der Waals surface area contributed by atoms with Gasteiger partial charge in [-0.25, -0.2) is 0 Å². The van der Waals surface area contributed by atoms with Crippen molar-refractivity contribution >= 4 is 11.8 Å². The molecule has 5 heteroatoms. The van der Waals surface area contributed by atoms with E-state index in [0.29, 0.717) is 26.3 Å². The van der Waals surface area contributed by atoms with Gasteiger partial charge in [-0.05, 0) is 0 Å². The Morgan fingerprint density at radius 1 is 0.933 bits per heavy atom. The largest absolute Gasteiger partial charge is 0.378 e. The molecule has 0 rings (SSSR count). The fourth-order valence-corrected chi connectivity index (χ4v) is 0.820. The topological polar surface area (TPSA) is 49.9 Å². The molecule has 88 valence electrons. The van der Waals surface area contributed by atoms with E-state index in [9.17, 15) is 9.59 Å². The van der Waals surface area contributed by atoms with Gasteiger partial charge >= 0.3 is 0 Å². The molecule has 0 saturated heterocycles. The molecule has 0 aromatic heterocycles. The molecule has 0 aromatic rings. The zero-order valence-corrected chi connectivity index (χ0v) is 9.95. The zero-order chi connectivity index (χ0) is 11.8. The Morgan fingerprint density at radius 2 is 1.27 bits per heavy atom. The van der Waals surface area contributed by atoms with Gasteiger partial charge in [0.2, 0.25) is 11.8 Å². The Labute approximate surface area is 91.0 Å². The van der Waals surface area contributed by atoms with E-state index in [4.69, 9.17) is 4.74 Å². The summed E-state index contributed by atoms with van der Waals surface area (Å²) in [5.41, 5.74) is 0. The van der Waals surface area contributed by atoms with Crippen LogP contribution in [0.15, 0.2) is 0 Å². The highest BCUT2D eigenvalue weighted by molar-refractivity contribution is 5.73. The number of amides is 2. The van der Waals surface area contributed by atoms with Crippen LogP contribution in [0.4, 0.5) is 0 Å². The highest BCUT2D eigenvalue weighted by Gasteiger charge is 2.02. The molecule has 0 atom stereocenters. The van der Waals surface area contributed by atoms with E-state index >= 15 is 0 Å². The Kier molecular flexibility index (Phi) is 6.70. The van der Waals surface area contributed by atoms with Gasteiger partial charge in [0.1, 0.15) is 0 Å². The average Bonchev–Trinajstić information content (AvgIpc) is 2.16. The van der Waals surface area contributed by atoms with Crippen LogP contribution in [0.25, 0.3) is 0 Å². The first-order chi connectivity index (χ1) is 6.95. The Morgan fingerprint density at radius 3 is 1.53 bits per heavy atom. The van der Waals surface area contributed by atoms with Crippen LogP contribution in [0.3, 0.4) is 0 Å². The second-order valence-electron chi connectivity index (χ2n) is 3.49. The van der Waals surface area contributed by atoms with Gasteiger partial charge < -0.3 is 14.5 Å². The smallest absolute Gasteiger partial charge is 0.219 e. The van der Waals surface area contributed by atoms with Gasteiger partial charge in [0.15, 0.2) is 0 Å². The molecule has 0 aliphatic rings. The van der Waals surface area contributed by atoms with Gasteiger partial charge in [-0.15, -0.1) is 0 Å². The molecular formula is C10H20N2O3. The average molecular weight is 216 g/mol. The van der Waals surface area contributed by atoms with E-state index in [1.54, 1.807) is 23.9 Å². The normalized spacial score (nSPS) is 9.87. The molecule has 0 N–H and O–H groups in total. The number of carbonyl (C=O) groups excluding carboxylic acids is 2. The first-order valence-corrected chi connectivity index (χ1v) is 4.96. The molecule has 0 aliphatic heterocycles. The Balaban J connectivity index is 3.40. The van der Waals surface area contributed by atoms with E-state index in [2.05, 4.69) is 0 Å². The second kappa shape index (κ2) is 7.23. The maximum atomic E-state index is 10.8. The standard InChI is InChI=1S/C10H20N2O3/c1-9(13)11(3)5-7-15-8-6-12(4)10(2)14/h5-8H2,1-4H3. The SMILES string of the molecule is CC(=O)N(C)CCOCCN(C)C(C)=O. The summed E-state index contributed by atoms with van der Waals surface area (Å²) in [5.74, 6) is 0.0545. The minimum absolute atomic E-state index is 0.0273. The number of likely N-dealkylation sites (N-methyl/N-ethyl adjacent to an activating group) is 2. The number of nitrogens with zero attached hydrogens (tertiary/aromatic N) is 2. The summed E-state index contributed by atoms with van der Waals surface area (Å²) >= 11 is 0. The zero-order valence-electron chi connectivity index (χ0n) is 9.95. The van der Waals surface area contributed by atoms with Crippen molar-refractivity contribution in [2.24, 2.45) is 0 Å². The van der Waals surface area contributed by atoms with E-state index in [-0.39, 0.29) is 11.8 Å². The summed E-state index contributed by atoms with van der Waals surface area (Å²) in [6, 6.07) is 0. The third kappa shape index (κ3) is 6.90. The summed E-state index contributed by atoms with van der Waals surface area (Å²) in [6.07, 6.45) is 0. The second-order valence-corrected chi connectivity index (χ2v) is 3.49. The maximum Gasteiger partial charge on any atom is 0.219 e. The van der Waals surface area contributed by atoms with Crippen LogP contribution in [0.5, 0.6) is 0 Å². The highest BCUT2D eigenvalue weighted by atomic mass is 16.5. The van der Waals surface area contributed by atoms with Crippen LogP contribution in [0.2, 0.25) is 0 Å². The number of carbonyl (C=O) groups is 2. The third-order valence-corrected chi connectivity index (χ3v) is 2.22. The summed E-state index contributed by atoms with van der Waals surface area (Å²) in [4.78, 5) is 24.8. The minimum atomic E-state index is 0.0273. The van der Waals surface area contributed by atoms with Gasteiger partial charge in [-0.1, -0.05) is 0 Å². The maximum absolute atomic E-state index is 10.8. The van der Waals surface area contributed by atoms with Crippen molar-refractivity contribution in [2.45, 2.75) is 13.8 Å². The molecular weight excluding hydrogens is 196 g/mol. The summed E-state index contributed by atoms with van der Waals surface area (Å²) in [6.45, 7) is 5.20. The van der Waals surface area contributed by atoms with Crippen molar-refractivity contribution in [3.05, 3.63) is 0 Å². The molecule has 0 unspecified atom stereocenters. The fraction of sp³-hybridized carbons (Fsp3) is 0.800. The van der Waals surface area contributed by atoms with Crippen LogP contribution in [0.1, 0.15) is 13.8 Å². The van der Waals surface area contributed by atoms with Crippen molar-refractivity contribution in [1.82, 2.24) is 9.80 Å². The molecule has 5 nitrogen and oxygen atoms in total. The predicted octanol–water partition coefficient (Wildman–Crippen LogP) is -0.0404. The van der Waals surface area contributed by atoms with Crippen LogP contribution < -0.4 is 0 Å². The van der Waals surface area contributed by atoms with Crippen LogP contribution in [-0.4, -0.2) is 62.0 Å². The lowest BCUT2D eigenvalue weighted by molar-refractivity contribution is -0.128. The lowest BCUT2D eigenvalue weighted by Crippen LogP contribution is -2.30. The molecule has 0 aromatic carbocycles. The van der Waals surface area contributed by atoms with Gasteiger partial charge in [-0.2, -0.15) is 0 Å². The summed E-state index contributed by atoms with van der Waals surface area (Å²) < 4.78 is 5.29. The van der Waals surface area contributed by atoms with Gasteiger partial charge in [-0.3, -0.25) is 9.59 Å². The Hall–Kier alpha value is -1.10. The van der Waals surface area contributed by atoms with E-state index < -0.39 is 0 Å². The molecule has 0 saturated carbocycles. The summed E-state index contributed by atoms with van der Waals surface area (Å²) in [5, 5.41) is 0. The predicted molar refractivity (Wildman–Crippen MR) is 57.4 cm³/mol. The van der Waals surface area contributed by atoms with Crippen LogP contribution in [0, 0.1) is 0 Å². The molecule has 0 aliphatic carbocycles. The molecule has 0 bridgehead atoms. The number of hydrogen-bond donors (Lipinski definition) is 0. The highest BCUT2D eigenvalue weighted by Crippen LogP contribution is 1.87. The van der Waals surface area contributed by atoms with Crippen LogP contribution in [-0.2, 0) is 14.3 Å². The monoisotopic (exact) mass is 216 g/mol. The van der Waals surface area contributed by atoms with Gasteiger partial charge in [0.25, 0.3) is 0 Å². The molecule has 0 heterocycles. The lowest BCUT2D eigenvalue weighted by Gasteiger charge is -2.17. The molecule has 0 spiro atoms. The number of hydrogen-bond acceptors (Lipinski definition) is 3. The van der Waals surface area contributed by atoms with Crippen molar-refractivity contribution in [1.29, 1.82) is 0 Å². The van der Waals surface area contributed by atoms with E-state index in [1.165, 1.54) is 13.8 Å². The van der Waals surface area contributed by atoms with Crippen molar-refractivity contribution in [3.63, 3.8) is 0 Å². The number of rotatable bonds is 6. The molecule has 2 amide bonds. The van der Waals surface area contributed by atoms with Crippen molar-refractivity contribution < 1.29 is 14.3 Å². The van der Waals surface area contributed by atoms with Crippen LogP contribution >= 0.6 is 0 Å². The fourth-order valence-electron chi connectivity index (χ4n) is 0.820.